The molecule has 104 valence electrons. The zero-order chi connectivity index (χ0) is 13.6. The fourth-order valence-electron chi connectivity index (χ4n) is 2.92. The molecule has 2 unspecified atom stereocenters. The second kappa shape index (κ2) is 4.37. The van der Waals surface area contributed by atoms with Crippen LogP contribution in [-0.4, -0.2) is 24.1 Å². The minimum Gasteiger partial charge on any atom is -0.354 e. The molecule has 1 saturated carbocycles. The third-order valence-corrected chi connectivity index (χ3v) is 4.03. The maximum absolute atomic E-state index is 13.0. The van der Waals surface area contributed by atoms with Crippen LogP contribution in [0.2, 0.25) is 0 Å². The van der Waals surface area contributed by atoms with E-state index in [1.807, 2.05) is 0 Å². The Balaban J connectivity index is 1.87. The summed E-state index contributed by atoms with van der Waals surface area (Å²) in [5, 5.41) is 0. The van der Waals surface area contributed by atoms with Gasteiger partial charge in [0.05, 0.1) is 5.56 Å². The highest BCUT2D eigenvalue weighted by molar-refractivity contribution is 5.49. The van der Waals surface area contributed by atoms with Crippen LogP contribution in [0.25, 0.3) is 0 Å². The van der Waals surface area contributed by atoms with E-state index < -0.39 is 11.7 Å². The van der Waals surface area contributed by atoms with Gasteiger partial charge in [0.1, 0.15) is 5.82 Å². The van der Waals surface area contributed by atoms with Crippen molar-refractivity contribution in [2.24, 2.45) is 17.6 Å². The number of nitrogens with zero attached hydrogens (tertiary/aromatic N) is 2. The Morgan fingerprint density at radius 1 is 1.26 bits per heavy atom. The maximum atomic E-state index is 13.0. The molecule has 1 aliphatic heterocycles. The number of hydrogen-bond donors (Lipinski definition) is 1. The van der Waals surface area contributed by atoms with E-state index in [1.165, 1.54) is 12.3 Å². The number of aromatic nitrogens is 1. The second-order valence-corrected chi connectivity index (χ2v) is 5.44. The van der Waals surface area contributed by atoms with Crippen molar-refractivity contribution >= 4 is 5.82 Å². The Morgan fingerprint density at radius 2 is 2.00 bits per heavy atom. The molecule has 0 bridgehead atoms. The van der Waals surface area contributed by atoms with Crippen LogP contribution in [0.5, 0.6) is 0 Å². The average Bonchev–Trinajstić information content (AvgIpc) is 3.12. The van der Waals surface area contributed by atoms with Crippen LogP contribution in [-0.2, 0) is 6.18 Å². The lowest BCUT2D eigenvalue weighted by atomic mass is 9.99. The minimum atomic E-state index is -4.37. The van der Waals surface area contributed by atoms with E-state index in [2.05, 4.69) is 4.98 Å². The van der Waals surface area contributed by atoms with Crippen LogP contribution in [0.3, 0.4) is 0 Å². The summed E-state index contributed by atoms with van der Waals surface area (Å²) < 4.78 is 38.9. The molecule has 0 spiro atoms. The van der Waals surface area contributed by atoms with Crippen molar-refractivity contribution < 1.29 is 13.2 Å². The molecule has 3 rings (SSSR count). The molecule has 6 heteroatoms. The van der Waals surface area contributed by atoms with Crippen LogP contribution < -0.4 is 10.6 Å². The average molecular weight is 271 g/mol. The molecule has 2 aliphatic rings. The van der Waals surface area contributed by atoms with Gasteiger partial charge in [0, 0.05) is 25.3 Å². The van der Waals surface area contributed by atoms with Crippen molar-refractivity contribution in [1.82, 2.24) is 4.98 Å². The normalized spacial score (nSPS) is 27.9. The van der Waals surface area contributed by atoms with Gasteiger partial charge >= 0.3 is 6.18 Å². The Bertz CT molecular complexity index is 470. The van der Waals surface area contributed by atoms with Gasteiger partial charge in [-0.1, -0.05) is 0 Å². The SMILES string of the molecule is NC1CN(c2ncccc2C(F)(F)F)CC1C1CC1. The maximum Gasteiger partial charge on any atom is 0.419 e. The lowest BCUT2D eigenvalue weighted by molar-refractivity contribution is -0.137. The number of rotatable bonds is 2. The summed E-state index contributed by atoms with van der Waals surface area (Å²) in [7, 11) is 0. The number of alkyl halides is 3. The van der Waals surface area contributed by atoms with E-state index in [1.54, 1.807) is 4.90 Å². The van der Waals surface area contributed by atoms with Crippen molar-refractivity contribution in [3.05, 3.63) is 23.9 Å². The molecule has 1 saturated heterocycles. The highest BCUT2D eigenvalue weighted by Gasteiger charge is 2.43. The zero-order valence-electron chi connectivity index (χ0n) is 10.4. The van der Waals surface area contributed by atoms with Crippen LogP contribution in [0.4, 0.5) is 19.0 Å². The van der Waals surface area contributed by atoms with Gasteiger partial charge < -0.3 is 10.6 Å². The molecule has 3 nitrogen and oxygen atoms in total. The summed E-state index contributed by atoms with van der Waals surface area (Å²) >= 11 is 0. The number of anilines is 1. The van der Waals surface area contributed by atoms with Gasteiger partial charge in [0.25, 0.3) is 0 Å². The fraction of sp³-hybridized carbons (Fsp3) is 0.615. The standard InChI is InChI=1S/C13H16F3N3/c14-13(15,16)10-2-1-5-18-12(10)19-6-9(8-3-4-8)11(17)7-19/h1-2,5,8-9,11H,3-4,6-7,17H2. The van der Waals surface area contributed by atoms with Gasteiger partial charge in [0.15, 0.2) is 0 Å². The van der Waals surface area contributed by atoms with E-state index in [9.17, 15) is 13.2 Å². The molecule has 0 radical (unpaired) electrons. The highest BCUT2D eigenvalue weighted by Crippen LogP contribution is 2.43. The predicted octanol–water partition coefficient (Wildman–Crippen LogP) is 2.27. The van der Waals surface area contributed by atoms with Crippen LogP contribution in [0.15, 0.2) is 18.3 Å². The first kappa shape index (κ1) is 12.7. The number of halogens is 3. The molecular formula is C13H16F3N3. The van der Waals surface area contributed by atoms with E-state index in [0.717, 1.165) is 18.9 Å². The first-order valence-corrected chi connectivity index (χ1v) is 6.49. The Morgan fingerprint density at radius 3 is 2.63 bits per heavy atom. The van der Waals surface area contributed by atoms with E-state index in [4.69, 9.17) is 5.73 Å². The summed E-state index contributed by atoms with van der Waals surface area (Å²) in [6.45, 7) is 1.05. The second-order valence-electron chi connectivity index (χ2n) is 5.44. The summed E-state index contributed by atoms with van der Waals surface area (Å²) in [6.07, 6.45) is -0.660. The number of nitrogens with two attached hydrogens (primary N) is 1. The van der Waals surface area contributed by atoms with E-state index >= 15 is 0 Å². The monoisotopic (exact) mass is 271 g/mol. The van der Waals surface area contributed by atoms with Crippen molar-refractivity contribution in [2.45, 2.75) is 25.1 Å². The predicted molar refractivity (Wildman–Crippen MR) is 65.6 cm³/mol. The molecule has 2 fully saturated rings. The lowest BCUT2D eigenvalue weighted by Crippen LogP contribution is -2.31. The molecule has 19 heavy (non-hydrogen) atoms. The van der Waals surface area contributed by atoms with Gasteiger partial charge in [-0.3, -0.25) is 0 Å². The third kappa shape index (κ3) is 2.41. The summed E-state index contributed by atoms with van der Waals surface area (Å²) in [5.41, 5.74) is 5.39. The number of hydrogen-bond acceptors (Lipinski definition) is 3. The Labute approximate surface area is 109 Å². The molecule has 2 atom stereocenters. The van der Waals surface area contributed by atoms with Crippen LogP contribution in [0, 0.1) is 11.8 Å². The van der Waals surface area contributed by atoms with Crippen LogP contribution >= 0.6 is 0 Å². The van der Waals surface area contributed by atoms with E-state index in [-0.39, 0.29) is 11.9 Å². The summed E-state index contributed by atoms with van der Waals surface area (Å²) in [5.74, 6) is 0.926. The topological polar surface area (TPSA) is 42.1 Å². The van der Waals surface area contributed by atoms with Crippen molar-refractivity contribution in [1.29, 1.82) is 0 Å². The third-order valence-electron chi connectivity index (χ3n) is 4.03. The molecule has 1 aromatic heterocycles. The molecular weight excluding hydrogens is 255 g/mol. The summed E-state index contributed by atoms with van der Waals surface area (Å²) in [4.78, 5) is 5.62. The van der Waals surface area contributed by atoms with Crippen molar-refractivity contribution in [2.75, 3.05) is 18.0 Å². The molecule has 2 N–H and O–H groups in total. The van der Waals surface area contributed by atoms with Gasteiger partial charge in [-0.05, 0) is 36.8 Å². The molecule has 0 amide bonds. The largest absolute Gasteiger partial charge is 0.419 e. The minimum absolute atomic E-state index is 0.0219. The van der Waals surface area contributed by atoms with Gasteiger partial charge in [0.2, 0.25) is 0 Å². The molecule has 1 aromatic rings. The fourth-order valence-corrected chi connectivity index (χ4v) is 2.92. The zero-order valence-corrected chi connectivity index (χ0v) is 10.4. The molecule has 1 aliphatic carbocycles. The lowest BCUT2D eigenvalue weighted by Gasteiger charge is -2.21. The Hall–Kier alpha value is -1.30. The molecule has 0 aromatic carbocycles. The summed E-state index contributed by atoms with van der Waals surface area (Å²) in [6, 6.07) is 2.36. The van der Waals surface area contributed by atoms with Gasteiger partial charge in [-0.2, -0.15) is 13.2 Å². The van der Waals surface area contributed by atoms with Gasteiger partial charge in [-0.25, -0.2) is 4.98 Å². The van der Waals surface area contributed by atoms with Crippen molar-refractivity contribution in [3.8, 4) is 0 Å². The highest BCUT2D eigenvalue weighted by atomic mass is 19.4. The molecule has 2 heterocycles. The van der Waals surface area contributed by atoms with E-state index in [0.29, 0.717) is 24.9 Å². The Kier molecular flexibility index (Phi) is 2.92. The first-order chi connectivity index (χ1) is 8.97. The van der Waals surface area contributed by atoms with Crippen molar-refractivity contribution in [3.63, 3.8) is 0 Å². The first-order valence-electron chi connectivity index (χ1n) is 6.49. The smallest absolute Gasteiger partial charge is 0.354 e. The quantitative estimate of drug-likeness (QED) is 0.897. The number of pyridine rings is 1. The van der Waals surface area contributed by atoms with Gasteiger partial charge in [-0.15, -0.1) is 0 Å². The van der Waals surface area contributed by atoms with Crippen LogP contribution in [0.1, 0.15) is 18.4 Å².